The molecule has 0 unspecified atom stereocenters. The molecule has 3 rings (SSSR count). The molecule has 0 aliphatic heterocycles. The van der Waals surface area contributed by atoms with Crippen molar-refractivity contribution in [2.24, 2.45) is 0 Å². The molecule has 2 aromatic carbocycles. The van der Waals surface area contributed by atoms with Crippen LogP contribution in [-0.4, -0.2) is 20.2 Å². The van der Waals surface area contributed by atoms with Gasteiger partial charge in [-0.1, -0.05) is 53.6 Å². The topological polar surface area (TPSA) is 67.4 Å². The fourth-order valence-electron chi connectivity index (χ4n) is 1.87. The van der Waals surface area contributed by atoms with E-state index in [-0.39, 0.29) is 5.82 Å². The van der Waals surface area contributed by atoms with Crippen LogP contribution in [0.2, 0.25) is 0 Å². The Labute approximate surface area is 109 Å². The first kappa shape index (κ1) is 11.1. The van der Waals surface area contributed by atoms with Gasteiger partial charge in [0.15, 0.2) is 0 Å². The maximum absolute atomic E-state index is 8.76. The fourth-order valence-corrected chi connectivity index (χ4v) is 1.87. The predicted molar refractivity (Wildman–Crippen MR) is 69.3 cm³/mol. The van der Waals surface area contributed by atoms with Gasteiger partial charge in [-0.05, 0) is 16.8 Å². The normalized spacial score (nSPS) is 10.1. The van der Waals surface area contributed by atoms with Crippen LogP contribution in [0.15, 0.2) is 54.6 Å². The van der Waals surface area contributed by atoms with Crippen LogP contribution in [0.1, 0.15) is 5.82 Å². The summed E-state index contributed by atoms with van der Waals surface area (Å²) in [6.45, 7) is 0. The van der Waals surface area contributed by atoms with Gasteiger partial charge >= 0.3 is 0 Å². The predicted octanol–water partition coefficient (Wildman–Crippen LogP) is 2.20. The second-order valence-electron chi connectivity index (χ2n) is 3.90. The van der Waals surface area contributed by atoms with Gasteiger partial charge in [-0.2, -0.15) is 5.26 Å². The summed E-state index contributed by atoms with van der Waals surface area (Å²) in [4.78, 5) is 1.38. The number of benzene rings is 2. The summed E-state index contributed by atoms with van der Waals surface area (Å²) in [5, 5.41) is 20.3. The summed E-state index contributed by atoms with van der Waals surface area (Å²) in [7, 11) is 0. The lowest BCUT2D eigenvalue weighted by Crippen LogP contribution is -2.01. The van der Waals surface area contributed by atoms with Gasteiger partial charge in [-0.25, -0.2) is 0 Å². The van der Waals surface area contributed by atoms with Crippen molar-refractivity contribution in [2.45, 2.75) is 0 Å². The molecule has 0 aliphatic rings. The number of nitrogens with zero attached hydrogens (tertiary/aromatic N) is 5. The van der Waals surface area contributed by atoms with E-state index in [9.17, 15) is 0 Å². The highest BCUT2D eigenvalue weighted by molar-refractivity contribution is 5.72. The van der Waals surface area contributed by atoms with Crippen molar-refractivity contribution >= 4 is 0 Å². The average molecular weight is 247 g/mol. The summed E-state index contributed by atoms with van der Waals surface area (Å²) in [6, 6.07) is 19.5. The van der Waals surface area contributed by atoms with Gasteiger partial charge in [0, 0.05) is 5.56 Å². The Hall–Kier alpha value is -3.00. The van der Waals surface area contributed by atoms with Gasteiger partial charge in [0.25, 0.3) is 5.82 Å². The quantitative estimate of drug-likeness (QED) is 0.696. The summed E-state index contributed by atoms with van der Waals surface area (Å²) in [5.74, 6) is 0.0582. The van der Waals surface area contributed by atoms with Crippen LogP contribution in [0.25, 0.3) is 16.8 Å². The van der Waals surface area contributed by atoms with Gasteiger partial charge in [0.05, 0.1) is 5.69 Å². The van der Waals surface area contributed by atoms with Crippen molar-refractivity contribution in [1.29, 1.82) is 5.26 Å². The number of para-hydroxylation sites is 1. The zero-order valence-electron chi connectivity index (χ0n) is 9.93. The zero-order chi connectivity index (χ0) is 13.1. The van der Waals surface area contributed by atoms with Crippen molar-refractivity contribution in [3.63, 3.8) is 0 Å². The molecular formula is C14H9N5. The third kappa shape index (κ3) is 2.07. The summed E-state index contributed by atoms with van der Waals surface area (Å²) < 4.78 is 0. The molecule has 5 nitrogen and oxygen atoms in total. The molecule has 0 radical (unpaired) electrons. The largest absolute Gasteiger partial charge is 0.274 e. The maximum Gasteiger partial charge on any atom is 0.274 e. The summed E-state index contributed by atoms with van der Waals surface area (Å²) in [6.07, 6.45) is 0. The Morgan fingerprint density at radius 1 is 0.947 bits per heavy atom. The minimum absolute atomic E-state index is 0.0582. The first-order valence-electron chi connectivity index (χ1n) is 5.73. The van der Waals surface area contributed by atoms with E-state index in [2.05, 4.69) is 15.4 Å². The number of nitriles is 1. The van der Waals surface area contributed by atoms with Crippen LogP contribution in [-0.2, 0) is 0 Å². The van der Waals surface area contributed by atoms with Gasteiger partial charge in [0.1, 0.15) is 6.07 Å². The SMILES string of the molecule is N#Cc1nnn(-c2ccccc2-c2ccccc2)n1. The van der Waals surface area contributed by atoms with Gasteiger partial charge in [-0.3, -0.25) is 0 Å². The molecule has 19 heavy (non-hydrogen) atoms. The molecule has 0 atom stereocenters. The van der Waals surface area contributed by atoms with Crippen LogP contribution in [0.3, 0.4) is 0 Å². The number of hydrogen-bond donors (Lipinski definition) is 0. The van der Waals surface area contributed by atoms with E-state index in [1.807, 2.05) is 60.7 Å². The molecule has 5 heteroatoms. The van der Waals surface area contributed by atoms with Crippen molar-refractivity contribution in [3.8, 4) is 22.9 Å². The van der Waals surface area contributed by atoms with Crippen molar-refractivity contribution in [3.05, 3.63) is 60.4 Å². The maximum atomic E-state index is 8.76. The van der Waals surface area contributed by atoms with E-state index in [0.29, 0.717) is 0 Å². The molecule has 3 aromatic rings. The molecule has 0 saturated heterocycles. The first-order chi connectivity index (χ1) is 9.38. The van der Waals surface area contributed by atoms with Gasteiger partial charge in [0.2, 0.25) is 0 Å². The van der Waals surface area contributed by atoms with E-state index in [1.54, 1.807) is 0 Å². The molecule has 0 fully saturated rings. The molecule has 90 valence electrons. The minimum Gasteiger partial charge on any atom is -0.189 e. The Morgan fingerprint density at radius 2 is 1.68 bits per heavy atom. The van der Waals surface area contributed by atoms with Crippen LogP contribution < -0.4 is 0 Å². The molecule has 0 aliphatic carbocycles. The average Bonchev–Trinajstić information content (AvgIpc) is 2.97. The molecule has 0 saturated carbocycles. The van der Waals surface area contributed by atoms with Crippen LogP contribution in [0, 0.1) is 11.3 Å². The minimum atomic E-state index is 0.0582. The second-order valence-corrected chi connectivity index (χ2v) is 3.90. The third-order valence-electron chi connectivity index (χ3n) is 2.72. The van der Waals surface area contributed by atoms with E-state index in [1.165, 1.54) is 4.80 Å². The van der Waals surface area contributed by atoms with Gasteiger partial charge < -0.3 is 0 Å². The monoisotopic (exact) mass is 247 g/mol. The Bertz CT molecular complexity index is 740. The van der Waals surface area contributed by atoms with Crippen molar-refractivity contribution in [2.75, 3.05) is 0 Å². The van der Waals surface area contributed by atoms with Crippen molar-refractivity contribution in [1.82, 2.24) is 20.2 Å². The molecule has 0 spiro atoms. The lowest BCUT2D eigenvalue weighted by Gasteiger charge is -2.07. The molecule has 0 bridgehead atoms. The van der Waals surface area contributed by atoms with Crippen molar-refractivity contribution < 1.29 is 0 Å². The fraction of sp³-hybridized carbons (Fsp3) is 0. The lowest BCUT2D eigenvalue weighted by molar-refractivity contribution is 0.721. The second kappa shape index (κ2) is 4.70. The number of tetrazole rings is 1. The van der Waals surface area contributed by atoms with Gasteiger partial charge in [-0.15, -0.1) is 9.90 Å². The summed E-state index contributed by atoms with van der Waals surface area (Å²) in [5.41, 5.74) is 2.85. The molecule has 0 N–H and O–H groups in total. The van der Waals surface area contributed by atoms with E-state index >= 15 is 0 Å². The molecular weight excluding hydrogens is 238 g/mol. The van der Waals surface area contributed by atoms with E-state index in [0.717, 1.165) is 16.8 Å². The number of aromatic nitrogens is 4. The summed E-state index contributed by atoms with van der Waals surface area (Å²) >= 11 is 0. The Kier molecular flexibility index (Phi) is 2.75. The lowest BCUT2D eigenvalue weighted by atomic mass is 10.0. The highest BCUT2D eigenvalue weighted by Gasteiger charge is 2.09. The van der Waals surface area contributed by atoms with E-state index < -0.39 is 0 Å². The molecule has 1 aromatic heterocycles. The molecule has 1 heterocycles. The first-order valence-corrected chi connectivity index (χ1v) is 5.73. The number of hydrogen-bond acceptors (Lipinski definition) is 4. The van der Waals surface area contributed by atoms with Crippen LogP contribution in [0.5, 0.6) is 0 Å². The van der Waals surface area contributed by atoms with Crippen LogP contribution >= 0.6 is 0 Å². The van der Waals surface area contributed by atoms with E-state index in [4.69, 9.17) is 5.26 Å². The zero-order valence-corrected chi connectivity index (χ0v) is 9.93. The Balaban J connectivity index is 2.15. The Morgan fingerprint density at radius 3 is 2.42 bits per heavy atom. The highest BCUT2D eigenvalue weighted by Crippen LogP contribution is 2.25. The van der Waals surface area contributed by atoms with Crippen LogP contribution in [0.4, 0.5) is 0 Å². The highest BCUT2D eigenvalue weighted by atomic mass is 15.6. The standard InChI is InChI=1S/C14H9N5/c15-10-14-16-18-19(17-14)13-9-5-4-8-12(13)11-6-2-1-3-7-11/h1-9H. The third-order valence-corrected chi connectivity index (χ3v) is 2.72. The number of rotatable bonds is 2. The smallest absolute Gasteiger partial charge is 0.189 e. The molecule has 0 amide bonds.